The van der Waals surface area contributed by atoms with Crippen LogP contribution in [-0.2, 0) is 16.1 Å². The quantitative estimate of drug-likeness (QED) is 0.663. The molecule has 0 atom stereocenters. The van der Waals surface area contributed by atoms with Crippen molar-refractivity contribution in [2.24, 2.45) is 11.8 Å². The zero-order valence-corrected chi connectivity index (χ0v) is 20.0. The summed E-state index contributed by atoms with van der Waals surface area (Å²) < 4.78 is 11.7. The number of methoxy groups -OCH3 is 2. The molecule has 2 heterocycles. The third-order valence-corrected chi connectivity index (χ3v) is 7.18. The monoisotopic (exact) mass is 470 g/mol. The lowest BCUT2D eigenvalue weighted by Gasteiger charge is -2.39. The molecule has 4 rings (SSSR count). The molecular formula is C25H34N4O5. The van der Waals surface area contributed by atoms with Crippen molar-refractivity contribution in [3.63, 3.8) is 0 Å². The van der Waals surface area contributed by atoms with E-state index in [2.05, 4.69) is 16.5 Å². The van der Waals surface area contributed by atoms with E-state index in [-0.39, 0.29) is 23.3 Å². The Morgan fingerprint density at radius 1 is 1.06 bits per heavy atom. The number of hydrogen-bond acceptors (Lipinski definition) is 6. The van der Waals surface area contributed by atoms with Crippen LogP contribution in [0.1, 0.15) is 25.7 Å². The predicted molar refractivity (Wildman–Crippen MR) is 130 cm³/mol. The molecule has 1 aromatic heterocycles. The predicted octanol–water partition coefficient (Wildman–Crippen LogP) is 1.81. The fraction of sp³-hybridized carbons (Fsp3) is 0.560. The van der Waals surface area contributed by atoms with Crippen molar-refractivity contribution in [3.8, 4) is 5.75 Å². The van der Waals surface area contributed by atoms with Crippen LogP contribution < -0.4 is 16.0 Å². The molecule has 2 aromatic rings. The van der Waals surface area contributed by atoms with Crippen molar-refractivity contribution in [3.05, 3.63) is 51.3 Å². The second-order valence-corrected chi connectivity index (χ2v) is 9.29. The summed E-state index contributed by atoms with van der Waals surface area (Å²) >= 11 is 0. The zero-order chi connectivity index (χ0) is 24.2. The molecule has 184 valence electrons. The summed E-state index contributed by atoms with van der Waals surface area (Å²) in [5.41, 5.74) is 0.761. The Kier molecular flexibility index (Phi) is 7.41. The Morgan fingerprint density at radius 3 is 2.38 bits per heavy atom. The second-order valence-electron chi connectivity index (χ2n) is 9.29. The summed E-state index contributed by atoms with van der Waals surface area (Å²) in [6.07, 6.45) is 3.22. The van der Waals surface area contributed by atoms with Gasteiger partial charge in [-0.25, -0.2) is 4.79 Å². The van der Waals surface area contributed by atoms with Crippen molar-refractivity contribution in [2.45, 2.75) is 32.2 Å². The van der Waals surface area contributed by atoms with E-state index in [1.807, 2.05) is 4.90 Å². The molecule has 0 bridgehead atoms. The van der Waals surface area contributed by atoms with Gasteiger partial charge in [-0.2, -0.15) is 0 Å². The van der Waals surface area contributed by atoms with Gasteiger partial charge >= 0.3 is 5.69 Å². The van der Waals surface area contributed by atoms with Gasteiger partial charge < -0.3 is 24.3 Å². The molecule has 1 aliphatic carbocycles. The van der Waals surface area contributed by atoms with E-state index in [4.69, 9.17) is 9.47 Å². The van der Waals surface area contributed by atoms with Crippen molar-refractivity contribution in [1.29, 1.82) is 0 Å². The first-order valence-corrected chi connectivity index (χ1v) is 11.9. The van der Waals surface area contributed by atoms with Gasteiger partial charge in [0.05, 0.1) is 24.6 Å². The SMILES string of the molecule is C=C(COC)N1CCN(C(=O)[C@H]2CC[C@H](Cn3c(=O)[nH]c4ccc(OC)cc4c3=O)CC2)CC1. The minimum absolute atomic E-state index is 0.0147. The Balaban J connectivity index is 1.34. The second kappa shape index (κ2) is 10.5. The molecule has 1 amide bonds. The minimum atomic E-state index is -0.395. The van der Waals surface area contributed by atoms with Crippen molar-refractivity contribution < 1.29 is 14.3 Å². The Bertz CT molecular complexity index is 1150. The van der Waals surface area contributed by atoms with Crippen molar-refractivity contribution in [2.75, 3.05) is 47.0 Å². The molecule has 1 N–H and O–H groups in total. The number of amides is 1. The summed E-state index contributed by atoms with van der Waals surface area (Å²) in [5.74, 6) is 1.01. The van der Waals surface area contributed by atoms with E-state index in [0.717, 1.165) is 44.5 Å². The molecule has 0 spiro atoms. The van der Waals surface area contributed by atoms with E-state index in [1.165, 1.54) is 4.57 Å². The van der Waals surface area contributed by atoms with Gasteiger partial charge in [-0.15, -0.1) is 0 Å². The standard InChI is InChI=1S/C25H34N4O5/c1-17(16-33-2)27-10-12-28(13-11-27)23(30)19-6-4-18(5-7-19)15-29-24(31)21-14-20(34-3)8-9-22(21)26-25(29)32/h8-9,14,18-19H,1,4-7,10-13,15-16H2,2-3H3,(H,26,32)/t18-,19-. The lowest BCUT2D eigenvalue weighted by Crippen LogP contribution is -2.50. The fourth-order valence-electron chi connectivity index (χ4n) is 5.13. The average Bonchev–Trinajstić information content (AvgIpc) is 2.86. The van der Waals surface area contributed by atoms with Gasteiger partial charge in [-0.3, -0.25) is 14.2 Å². The number of carbonyl (C=O) groups excluding carboxylic acids is 1. The highest BCUT2D eigenvalue weighted by Crippen LogP contribution is 2.31. The van der Waals surface area contributed by atoms with E-state index >= 15 is 0 Å². The number of fused-ring (bicyclic) bond motifs is 1. The van der Waals surface area contributed by atoms with Gasteiger partial charge in [-0.05, 0) is 49.8 Å². The van der Waals surface area contributed by atoms with Crippen molar-refractivity contribution in [1.82, 2.24) is 19.4 Å². The maximum absolute atomic E-state index is 13.1. The number of H-pyrrole nitrogens is 1. The number of ether oxygens (including phenoxy) is 2. The topological polar surface area (TPSA) is 96.9 Å². The number of carbonyl (C=O) groups is 1. The van der Waals surface area contributed by atoms with Crippen LogP contribution in [0.4, 0.5) is 0 Å². The van der Waals surface area contributed by atoms with E-state index in [1.54, 1.807) is 32.4 Å². The van der Waals surface area contributed by atoms with Gasteiger partial charge in [0.1, 0.15) is 5.75 Å². The van der Waals surface area contributed by atoms with Gasteiger partial charge in [0.25, 0.3) is 5.56 Å². The first-order valence-electron chi connectivity index (χ1n) is 11.9. The number of rotatable bonds is 7. The zero-order valence-electron chi connectivity index (χ0n) is 20.0. The molecule has 9 nitrogen and oxygen atoms in total. The van der Waals surface area contributed by atoms with Gasteiger partial charge in [0.2, 0.25) is 5.91 Å². The highest BCUT2D eigenvalue weighted by Gasteiger charge is 2.31. The lowest BCUT2D eigenvalue weighted by atomic mass is 9.81. The Labute approximate surface area is 198 Å². The molecule has 9 heteroatoms. The number of nitrogens with zero attached hydrogens (tertiary/aromatic N) is 3. The molecule has 1 saturated carbocycles. The molecule has 1 saturated heterocycles. The number of aromatic amines is 1. The third kappa shape index (κ3) is 5.04. The molecule has 1 aliphatic heterocycles. The van der Waals surface area contributed by atoms with Crippen LogP contribution in [0.15, 0.2) is 40.1 Å². The van der Waals surface area contributed by atoms with Gasteiger partial charge in [0, 0.05) is 51.4 Å². The van der Waals surface area contributed by atoms with Crippen LogP contribution >= 0.6 is 0 Å². The molecule has 34 heavy (non-hydrogen) atoms. The minimum Gasteiger partial charge on any atom is -0.497 e. The highest BCUT2D eigenvalue weighted by atomic mass is 16.5. The van der Waals surface area contributed by atoms with Crippen LogP contribution in [0.5, 0.6) is 5.75 Å². The molecule has 0 radical (unpaired) electrons. The van der Waals surface area contributed by atoms with Gasteiger partial charge in [0.15, 0.2) is 0 Å². The van der Waals surface area contributed by atoms with E-state index in [0.29, 0.717) is 42.9 Å². The average molecular weight is 471 g/mol. The Morgan fingerprint density at radius 2 is 1.74 bits per heavy atom. The van der Waals surface area contributed by atoms with E-state index in [9.17, 15) is 14.4 Å². The lowest BCUT2D eigenvalue weighted by molar-refractivity contribution is -0.138. The number of benzene rings is 1. The van der Waals surface area contributed by atoms with Crippen LogP contribution in [0, 0.1) is 11.8 Å². The van der Waals surface area contributed by atoms with Crippen LogP contribution in [0.25, 0.3) is 10.9 Å². The summed E-state index contributed by atoms with van der Waals surface area (Å²) in [6, 6.07) is 5.06. The first kappa shape index (κ1) is 24.1. The summed E-state index contributed by atoms with van der Waals surface area (Å²) in [6.45, 7) is 7.88. The highest BCUT2D eigenvalue weighted by molar-refractivity contribution is 5.79. The largest absolute Gasteiger partial charge is 0.497 e. The van der Waals surface area contributed by atoms with Crippen LogP contribution in [0.2, 0.25) is 0 Å². The number of hydrogen-bond donors (Lipinski definition) is 1. The maximum Gasteiger partial charge on any atom is 0.328 e. The fourth-order valence-corrected chi connectivity index (χ4v) is 5.13. The number of nitrogens with one attached hydrogen (secondary N) is 1. The van der Waals surface area contributed by atoms with Crippen molar-refractivity contribution >= 4 is 16.8 Å². The molecule has 2 aliphatic rings. The maximum atomic E-state index is 13.1. The molecular weight excluding hydrogens is 436 g/mol. The normalized spacial score (nSPS) is 21.0. The smallest absolute Gasteiger partial charge is 0.328 e. The molecule has 0 unspecified atom stereocenters. The van der Waals surface area contributed by atoms with E-state index < -0.39 is 5.69 Å². The third-order valence-electron chi connectivity index (χ3n) is 7.18. The van der Waals surface area contributed by atoms with Crippen LogP contribution in [-0.4, -0.2) is 72.3 Å². The number of aromatic nitrogens is 2. The summed E-state index contributed by atoms with van der Waals surface area (Å²) in [7, 11) is 3.20. The Hall–Kier alpha value is -3.07. The summed E-state index contributed by atoms with van der Waals surface area (Å²) in [4.78, 5) is 45.6. The first-order chi connectivity index (χ1) is 16.4. The summed E-state index contributed by atoms with van der Waals surface area (Å²) in [5, 5.41) is 0.440. The van der Waals surface area contributed by atoms with Gasteiger partial charge in [-0.1, -0.05) is 6.58 Å². The number of piperazine rings is 1. The molecule has 2 fully saturated rings. The molecule has 1 aromatic carbocycles. The van der Waals surface area contributed by atoms with Crippen LogP contribution in [0.3, 0.4) is 0 Å².